The van der Waals surface area contributed by atoms with Gasteiger partial charge in [0.25, 0.3) is 0 Å². The van der Waals surface area contributed by atoms with Crippen LogP contribution in [0, 0.1) is 29.6 Å². The van der Waals surface area contributed by atoms with Crippen molar-refractivity contribution in [1.29, 1.82) is 0 Å². The first-order valence-corrected chi connectivity index (χ1v) is 8.40. The molecule has 1 saturated carbocycles. The van der Waals surface area contributed by atoms with E-state index in [4.69, 9.17) is 0 Å². The molecule has 0 spiro atoms. The monoisotopic (exact) mass is 266 g/mol. The van der Waals surface area contributed by atoms with Crippen LogP contribution >= 0.6 is 0 Å². The zero-order valence-electron chi connectivity index (χ0n) is 13.7. The first-order valence-electron chi connectivity index (χ1n) is 8.40. The summed E-state index contributed by atoms with van der Waals surface area (Å²) >= 11 is 0. The highest BCUT2D eigenvalue weighted by Crippen LogP contribution is 2.35. The Morgan fingerprint density at radius 2 is 1.95 bits per heavy atom. The molecule has 1 aliphatic carbocycles. The van der Waals surface area contributed by atoms with Crippen molar-refractivity contribution in [3.63, 3.8) is 0 Å². The zero-order chi connectivity index (χ0) is 14.0. The summed E-state index contributed by atoms with van der Waals surface area (Å²) < 4.78 is 0. The Hall–Kier alpha value is -0.0800. The van der Waals surface area contributed by atoms with Crippen molar-refractivity contribution >= 4 is 0 Å². The average molecular weight is 266 g/mol. The van der Waals surface area contributed by atoms with Crippen LogP contribution in [-0.2, 0) is 0 Å². The Morgan fingerprint density at radius 1 is 1.21 bits per heavy atom. The Morgan fingerprint density at radius 3 is 2.53 bits per heavy atom. The molecule has 112 valence electrons. The summed E-state index contributed by atoms with van der Waals surface area (Å²) in [6.07, 6.45) is 4.21. The van der Waals surface area contributed by atoms with Crippen LogP contribution in [0.15, 0.2) is 0 Å². The summed E-state index contributed by atoms with van der Waals surface area (Å²) in [5, 5.41) is 3.60. The lowest BCUT2D eigenvalue weighted by molar-refractivity contribution is 0.112. The van der Waals surface area contributed by atoms with Crippen LogP contribution in [0.4, 0.5) is 0 Å². The Bertz CT molecular complexity index is 276. The zero-order valence-corrected chi connectivity index (χ0v) is 13.7. The van der Waals surface area contributed by atoms with E-state index in [-0.39, 0.29) is 0 Å². The summed E-state index contributed by atoms with van der Waals surface area (Å²) in [5.41, 5.74) is 0. The van der Waals surface area contributed by atoms with Crippen molar-refractivity contribution < 1.29 is 0 Å². The summed E-state index contributed by atoms with van der Waals surface area (Å²) in [6, 6.07) is 0.733. The van der Waals surface area contributed by atoms with Crippen LogP contribution < -0.4 is 5.32 Å². The molecule has 2 fully saturated rings. The molecular formula is C17H34N2. The predicted octanol–water partition coefficient (Wildman–Crippen LogP) is 3.23. The average Bonchev–Trinajstić information content (AvgIpc) is 2.81. The van der Waals surface area contributed by atoms with Crippen LogP contribution in [0.3, 0.4) is 0 Å². The standard InChI is InChI=1S/C17H34N2/c1-12(2)15-6-7-19(10-15)11-16-14(4)8-13(3)9-17(16)18-5/h12-18H,6-11H2,1-5H3. The Labute approximate surface area is 120 Å². The molecule has 2 nitrogen and oxygen atoms in total. The van der Waals surface area contributed by atoms with Gasteiger partial charge in [-0.2, -0.15) is 0 Å². The highest BCUT2D eigenvalue weighted by molar-refractivity contribution is 4.90. The molecule has 0 aromatic rings. The molecule has 2 aliphatic rings. The summed E-state index contributed by atoms with van der Waals surface area (Å²) in [6.45, 7) is 13.7. The molecule has 1 saturated heterocycles. The maximum Gasteiger partial charge on any atom is 0.0110 e. The molecule has 2 rings (SSSR count). The van der Waals surface area contributed by atoms with Crippen LogP contribution in [0.25, 0.3) is 0 Å². The van der Waals surface area contributed by atoms with E-state index in [0.717, 1.165) is 35.6 Å². The van der Waals surface area contributed by atoms with E-state index in [1.807, 2.05) is 0 Å². The molecule has 0 aromatic carbocycles. The minimum atomic E-state index is 0.733. The van der Waals surface area contributed by atoms with Crippen molar-refractivity contribution in [2.24, 2.45) is 29.6 Å². The van der Waals surface area contributed by atoms with Gasteiger partial charge in [-0.25, -0.2) is 0 Å². The van der Waals surface area contributed by atoms with Gasteiger partial charge in [0.15, 0.2) is 0 Å². The van der Waals surface area contributed by atoms with E-state index in [1.165, 1.54) is 38.9 Å². The second kappa shape index (κ2) is 6.58. The lowest BCUT2D eigenvalue weighted by Gasteiger charge is -2.41. The molecule has 1 heterocycles. The number of hydrogen-bond acceptors (Lipinski definition) is 2. The van der Waals surface area contributed by atoms with Crippen molar-refractivity contribution in [1.82, 2.24) is 10.2 Å². The van der Waals surface area contributed by atoms with Crippen molar-refractivity contribution in [2.45, 2.75) is 53.0 Å². The number of nitrogens with one attached hydrogen (secondary N) is 1. The molecule has 0 aromatic heterocycles. The largest absolute Gasteiger partial charge is 0.317 e. The van der Waals surface area contributed by atoms with Gasteiger partial charge >= 0.3 is 0 Å². The van der Waals surface area contributed by atoms with Crippen molar-refractivity contribution in [3.05, 3.63) is 0 Å². The van der Waals surface area contributed by atoms with Gasteiger partial charge in [-0.3, -0.25) is 0 Å². The normalized spacial score (nSPS) is 41.1. The SMILES string of the molecule is CNC1CC(C)CC(C)C1CN1CCC(C(C)C)C1. The van der Waals surface area contributed by atoms with Gasteiger partial charge in [0.2, 0.25) is 0 Å². The fourth-order valence-corrected chi connectivity index (χ4v) is 4.42. The number of nitrogens with zero attached hydrogens (tertiary/aromatic N) is 1. The minimum Gasteiger partial charge on any atom is -0.317 e. The summed E-state index contributed by atoms with van der Waals surface area (Å²) in [7, 11) is 2.16. The highest BCUT2D eigenvalue weighted by Gasteiger charge is 2.35. The van der Waals surface area contributed by atoms with E-state index in [9.17, 15) is 0 Å². The van der Waals surface area contributed by atoms with E-state index < -0.39 is 0 Å². The lowest BCUT2D eigenvalue weighted by Crippen LogP contribution is -2.47. The maximum absolute atomic E-state index is 3.60. The van der Waals surface area contributed by atoms with Gasteiger partial charge in [-0.1, -0.05) is 27.7 Å². The first-order chi connectivity index (χ1) is 9.01. The van der Waals surface area contributed by atoms with Gasteiger partial charge in [0, 0.05) is 19.1 Å². The predicted molar refractivity (Wildman–Crippen MR) is 83.3 cm³/mol. The molecule has 1 aliphatic heterocycles. The fraction of sp³-hybridized carbons (Fsp3) is 1.00. The van der Waals surface area contributed by atoms with Crippen molar-refractivity contribution in [3.8, 4) is 0 Å². The molecule has 0 radical (unpaired) electrons. The van der Waals surface area contributed by atoms with Gasteiger partial charge in [-0.05, 0) is 62.4 Å². The topological polar surface area (TPSA) is 15.3 Å². The highest BCUT2D eigenvalue weighted by atomic mass is 15.2. The molecule has 5 unspecified atom stereocenters. The molecule has 0 bridgehead atoms. The molecule has 5 atom stereocenters. The van der Waals surface area contributed by atoms with Crippen LogP contribution in [0.5, 0.6) is 0 Å². The van der Waals surface area contributed by atoms with E-state index >= 15 is 0 Å². The van der Waals surface area contributed by atoms with Crippen LogP contribution in [0.2, 0.25) is 0 Å². The molecule has 2 heteroatoms. The Balaban J connectivity index is 1.90. The second-order valence-electron chi connectivity index (χ2n) is 7.67. The number of hydrogen-bond donors (Lipinski definition) is 1. The second-order valence-corrected chi connectivity index (χ2v) is 7.67. The van der Waals surface area contributed by atoms with Gasteiger partial charge in [0.05, 0.1) is 0 Å². The van der Waals surface area contributed by atoms with Crippen molar-refractivity contribution in [2.75, 3.05) is 26.7 Å². The van der Waals surface area contributed by atoms with E-state index in [1.54, 1.807) is 0 Å². The van der Waals surface area contributed by atoms with Crippen LogP contribution in [-0.4, -0.2) is 37.6 Å². The lowest BCUT2D eigenvalue weighted by atomic mass is 9.72. The van der Waals surface area contributed by atoms with Gasteiger partial charge < -0.3 is 10.2 Å². The van der Waals surface area contributed by atoms with E-state index in [0.29, 0.717) is 0 Å². The minimum absolute atomic E-state index is 0.733. The third-order valence-electron chi connectivity index (χ3n) is 5.77. The maximum atomic E-state index is 3.60. The molecular weight excluding hydrogens is 232 g/mol. The summed E-state index contributed by atoms with van der Waals surface area (Å²) in [4.78, 5) is 2.74. The molecule has 19 heavy (non-hydrogen) atoms. The number of rotatable bonds is 4. The Kier molecular flexibility index (Phi) is 5.30. The third kappa shape index (κ3) is 3.72. The smallest absolute Gasteiger partial charge is 0.0110 e. The van der Waals surface area contributed by atoms with Gasteiger partial charge in [-0.15, -0.1) is 0 Å². The number of likely N-dealkylation sites (tertiary alicyclic amines) is 1. The summed E-state index contributed by atoms with van der Waals surface area (Å²) in [5.74, 6) is 4.41. The van der Waals surface area contributed by atoms with Crippen LogP contribution in [0.1, 0.15) is 47.0 Å². The van der Waals surface area contributed by atoms with E-state index in [2.05, 4.69) is 45.0 Å². The molecule has 0 amide bonds. The third-order valence-corrected chi connectivity index (χ3v) is 5.77. The van der Waals surface area contributed by atoms with Gasteiger partial charge in [0.1, 0.15) is 0 Å². The first kappa shape index (κ1) is 15.3. The quantitative estimate of drug-likeness (QED) is 0.840. The molecule has 1 N–H and O–H groups in total. The fourth-order valence-electron chi connectivity index (χ4n) is 4.42.